The van der Waals surface area contributed by atoms with Crippen LogP contribution in [0.15, 0.2) is 0 Å². The van der Waals surface area contributed by atoms with Gasteiger partial charge in [-0.2, -0.15) is 0 Å². The molecule has 0 aromatic carbocycles. The van der Waals surface area contributed by atoms with Crippen molar-refractivity contribution in [2.24, 2.45) is 0 Å². The largest absolute Gasteiger partial charge is 0.481 e. The normalized spacial score (nSPS) is 11.7. The molecule has 1 unspecified atom stereocenters. The van der Waals surface area contributed by atoms with E-state index >= 15 is 0 Å². The van der Waals surface area contributed by atoms with Crippen LogP contribution in [0.25, 0.3) is 0 Å². The van der Waals surface area contributed by atoms with Gasteiger partial charge < -0.3 is 14.6 Å². The van der Waals surface area contributed by atoms with Gasteiger partial charge in [-0.05, 0) is 25.7 Å². The zero-order chi connectivity index (χ0) is 14.0. The van der Waals surface area contributed by atoms with Gasteiger partial charge >= 0.3 is 17.9 Å². The van der Waals surface area contributed by atoms with Crippen LogP contribution in [-0.2, 0) is 23.9 Å². The summed E-state index contributed by atoms with van der Waals surface area (Å²) in [5, 5.41) is 8.33. The third-order valence-corrected chi connectivity index (χ3v) is 2.27. The highest BCUT2D eigenvalue weighted by Gasteiger charge is 2.10. The maximum absolute atomic E-state index is 10.9. The number of esters is 2. The van der Waals surface area contributed by atoms with Crippen molar-refractivity contribution >= 4 is 17.9 Å². The summed E-state index contributed by atoms with van der Waals surface area (Å²) < 4.78 is 9.78. The Morgan fingerprint density at radius 2 is 1.89 bits per heavy atom. The predicted molar refractivity (Wildman–Crippen MR) is 62.9 cm³/mol. The van der Waals surface area contributed by atoms with Crippen molar-refractivity contribution in [3.8, 4) is 0 Å². The molecule has 0 spiro atoms. The van der Waals surface area contributed by atoms with E-state index in [0.717, 1.165) is 12.8 Å². The highest BCUT2D eigenvalue weighted by atomic mass is 16.5. The number of rotatable bonds is 9. The summed E-state index contributed by atoms with van der Waals surface area (Å²) in [4.78, 5) is 31.8. The Hall–Kier alpha value is -1.59. The fraction of sp³-hybridized carbons (Fsp3) is 0.750. The van der Waals surface area contributed by atoms with Crippen LogP contribution in [-0.4, -0.2) is 35.7 Å². The molecule has 0 aromatic heterocycles. The Labute approximate surface area is 106 Å². The van der Waals surface area contributed by atoms with Crippen LogP contribution in [0.3, 0.4) is 0 Å². The Balaban J connectivity index is 3.57. The van der Waals surface area contributed by atoms with E-state index in [4.69, 9.17) is 14.6 Å². The number of unbranched alkanes of at least 4 members (excludes halogenated alkanes) is 1. The molecule has 1 atom stereocenters. The minimum absolute atomic E-state index is 0.0998. The molecule has 0 fully saturated rings. The number of carboxylic acids is 1. The number of carboxylic acid groups (broad SMARTS) is 1. The fourth-order valence-corrected chi connectivity index (χ4v) is 1.42. The van der Waals surface area contributed by atoms with Crippen molar-refractivity contribution < 1.29 is 29.0 Å². The molecule has 0 rings (SSSR count). The summed E-state index contributed by atoms with van der Waals surface area (Å²) in [6, 6.07) is 0. The third-order valence-electron chi connectivity index (χ3n) is 2.27. The maximum Gasteiger partial charge on any atom is 0.317 e. The predicted octanol–water partition coefficient (Wildman–Crippen LogP) is 1.52. The average Bonchev–Trinajstić information content (AvgIpc) is 2.25. The first-order valence-corrected chi connectivity index (χ1v) is 6.00. The number of carbonyl (C=O) groups is 3. The van der Waals surface area contributed by atoms with Crippen molar-refractivity contribution in [3.63, 3.8) is 0 Å². The first-order valence-electron chi connectivity index (χ1n) is 6.00. The molecule has 0 amide bonds. The summed E-state index contributed by atoms with van der Waals surface area (Å²) in [6.07, 6.45) is 2.14. The Kier molecular flexibility index (Phi) is 8.61. The Morgan fingerprint density at radius 3 is 2.39 bits per heavy atom. The van der Waals surface area contributed by atoms with E-state index in [1.165, 1.54) is 6.92 Å². The molecule has 0 saturated carbocycles. The Morgan fingerprint density at radius 1 is 1.22 bits per heavy atom. The minimum atomic E-state index is -1.19. The summed E-state index contributed by atoms with van der Waals surface area (Å²) in [7, 11) is 0. The molecule has 0 bridgehead atoms. The van der Waals surface area contributed by atoms with E-state index in [0.29, 0.717) is 12.8 Å². The second-order valence-corrected chi connectivity index (χ2v) is 3.93. The topological polar surface area (TPSA) is 89.9 Å². The molecule has 0 aromatic rings. The van der Waals surface area contributed by atoms with E-state index in [2.05, 4.69) is 0 Å². The number of hydrogen-bond donors (Lipinski definition) is 1. The molecule has 6 nitrogen and oxygen atoms in total. The van der Waals surface area contributed by atoms with Gasteiger partial charge in [0.2, 0.25) is 0 Å². The van der Waals surface area contributed by atoms with Crippen LogP contribution < -0.4 is 0 Å². The molecule has 6 heteroatoms. The van der Waals surface area contributed by atoms with E-state index in [1.54, 1.807) is 0 Å². The zero-order valence-corrected chi connectivity index (χ0v) is 10.8. The molecule has 1 N–H and O–H groups in total. The van der Waals surface area contributed by atoms with Crippen molar-refractivity contribution in [3.05, 3.63) is 0 Å². The molecule has 0 saturated heterocycles. The summed E-state index contributed by atoms with van der Waals surface area (Å²) in [6.45, 7) is 3.50. The number of aliphatic carboxylic acids is 1. The molecule has 0 aliphatic rings. The lowest BCUT2D eigenvalue weighted by molar-refractivity contribution is -0.151. The number of carbonyl (C=O) groups excluding carboxylic acids is 2. The van der Waals surface area contributed by atoms with Gasteiger partial charge in [0.25, 0.3) is 0 Å². The highest BCUT2D eigenvalue weighted by molar-refractivity contribution is 5.90. The summed E-state index contributed by atoms with van der Waals surface area (Å²) in [5.74, 6) is -2.22. The molecule has 0 aliphatic heterocycles. The summed E-state index contributed by atoms with van der Waals surface area (Å²) in [5.41, 5.74) is 0. The molecule has 104 valence electrons. The lowest BCUT2D eigenvalue weighted by atomic mass is 10.1. The average molecular weight is 260 g/mol. The van der Waals surface area contributed by atoms with Gasteiger partial charge in [0, 0.05) is 6.92 Å². The smallest absolute Gasteiger partial charge is 0.317 e. The van der Waals surface area contributed by atoms with E-state index < -0.39 is 18.4 Å². The third kappa shape index (κ3) is 9.62. The lowest BCUT2D eigenvalue weighted by Gasteiger charge is -2.14. The van der Waals surface area contributed by atoms with Gasteiger partial charge in [-0.3, -0.25) is 14.4 Å². The molecule has 0 heterocycles. The van der Waals surface area contributed by atoms with Crippen molar-refractivity contribution in [2.75, 3.05) is 6.61 Å². The summed E-state index contributed by atoms with van der Waals surface area (Å²) >= 11 is 0. The van der Waals surface area contributed by atoms with E-state index in [-0.39, 0.29) is 18.7 Å². The first kappa shape index (κ1) is 16.4. The Bertz CT molecular complexity index is 286. The standard InChI is InChI=1S/C12H20O6/c1-3-10(18-9(2)13)6-4-5-7-17-12(16)8-11(14)15/h10H,3-8H2,1-2H3,(H,14,15). The van der Waals surface area contributed by atoms with Crippen LogP contribution in [0.1, 0.15) is 46.0 Å². The fourth-order valence-electron chi connectivity index (χ4n) is 1.42. The quantitative estimate of drug-likeness (QED) is 0.384. The van der Waals surface area contributed by atoms with Crippen molar-refractivity contribution in [1.29, 1.82) is 0 Å². The zero-order valence-electron chi connectivity index (χ0n) is 10.8. The number of hydrogen-bond acceptors (Lipinski definition) is 5. The lowest BCUT2D eigenvalue weighted by Crippen LogP contribution is -2.15. The van der Waals surface area contributed by atoms with Gasteiger partial charge in [-0.15, -0.1) is 0 Å². The number of ether oxygens (including phenoxy) is 2. The van der Waals surface area contributed by atoms with Gasteiger partial charge in [0.1, 0.15) is 12.5 Å². The van der Waals surface area contributed by atoms with Gasteiger partial charge in [-0.1, -0.05) is 6.92 Å². The second kappa shape index (κ2) is 9.44. The minimum Gasteiger partial charge on any atom is -0.481 e. The van der Waals surface area contributed by atoms with Gasteiger partial charge in [0.15, 0.2) is 0 Å². The van der Waals surface area contributed by atoms with Gasteiger partial charge in [-0.25, -0.2) is 0 Å². The SMILES string of the molecule is CCC(CCCCOC(=O)CC(=O)O)OC(C)=O. The van der Waals surface area contributed by atoms with E-state index in [9.17, 15) is 14.4 Å². The molecule has 0 aliphatic carbocycles. The van der Waals surface area contributed by atoms with Crippen LogP contribution in [0.5, 0.6) is 0 Å². The second-order valence-electron chi connectivity index (χ2n) is 3.93. The van der Waals surface area contributed by atoms with Crippen molar-refractivity contribution in [1.82, 2.24) is 0 Å². The van der Waals surface area contributed by atoms with Crippen molar-refractivity contribution in [2.45, 2.75) is 52.1 Å². The first-order chi connectivity index (χ1) is 8.45. The van der Waals surface area contributed by atoms with E-state index in [1.807, 2.05) is 6.92 Å². The molecule has 18 heavy (non-hydrogen) atoms. The van der Waals surface area contributed by atoms with Crippen LogP contribution >= 0.6 is 0 Å². The molecular weight excluding hydrogens is 240 g/mol. The monoisotopic (exact) mass is 260 g/mol. The highest BCUT2D eigenvalue weighted by Crippen LogP contribution is 2.09. The van der Waals surface area contributed by atoms with Crippen LogP contribution in [0.4, 0.5) is 0 Å². The maximum atomic E-state index is 10.9. The van der Waals surface area contributed by atoms with Crippen LogP contribution in [0.2, 0.25) is 0 Å². The molecular formula is C12H20O6. The molecule has 0 radical (unpaired) electrons. The van der Waals surface area contributed by atoms with Crippen LogP contribution in [0, 0.1) is 0 Å². The van der Waals surface area contributed by atoms with Gasteiger partial charge in [0.05, 0.1) is 6.61 Å².